The van der Waals surface area contributed by atoms with Crippen LogP contribution in [0.25, 0.3) is 0 Å². The Balaban J connectivity index is 2.03. The molecule has 2 aromatic carbocycles. The second kappa shape index (κ2) is 6.48. The average molecular weight is 242 g/mol. The fourth-order valence-electron chi connectivity index (χ4n) is 1.66. The Morgan fingerprint density at radius 1 is 0.941 bits per heavy atom. The van der Waals surface area contributed by atoms with Crippen LogP contribution in [0.4, 0.5) is 0 Å². The molecule has 0 aliphatic carbocycles. The Hall–Kier alpha value is -1.25. The van der Waals surface area contributed by atoms with Crippen LogP contribution in [0.2, 0.25) is 0 Å². The summed E-state index contributed by atoms with van der Waals surface area (Å²) in [5, 5.41) is 0. The summed E-state index contributed by atoms with van der Waals surface area (Å²) in [6.07, 6.45) is 0.933. The predicted molar refractivity (Wildman–Crippen MR) is 74.9 cm³/mol. The van der Waals surface area contributed by atoms with Crippen molar-refractivity contribution in [2.45, 2.75) is 11.3 Å². The van der Waals surface area contributed by atoms with Crippen molar-refractivity contribution in [2.75, 3.05) is 6.54 Å². The molecule has 0 aliphatic rings. The average Bonchev–Trinajstić information content (AvgIpc) is 2.39. The van der Waals surface area contributed by atoms with E-state index in [9.17, 15) is 0 Å². The molecule has 0 saturated heterocycles. The Bertz CT molecular complexity index is 453. The van der Waals surface area contributed by atoms with E-state index in [2.05, 4.69) is 54.3 Å². The lowest BCUT2D eigenvalue weighted by Crippen LogP contribution is -2.04. The van der Waals surface area contributed by atoms with Gasteiger partial charge in [0.05, 0.1) is 5.75 Å². The van der Waals surface area contributed by atoms with Crippen molar-refractivity contribution in [1.82, 2.24) is 0 Å². The van der Waals surface area contributed by atoms with Crippen LogP contribution in [-0.4, -0.2) is 6.54 Å². The topological polar surface area (TPSA) is 26.0 Å². The minimum Gasteiger partial charge on any atom is -0.330 e. The molecule has 0 fully saturated rings. The molecule has 87 valence electrons. The monoisotopic (exact) mass is 242 g/mol. The van der Waals surface area contributed by atoms with Gasteiger partial charge in [-0.15, -0.1) is 11.8 Å². The third-order valence-electron chi connectivity index (χ3n) is 2.53. The molecule has 0 spiro atoms. The molecule has 17 heavy (non-hydrogen) atoms. The van der Waals surface area contributed by atoms with Gasteiger partial charge < -0.3 is 5.73 Å². The van der Waals surface area contributed by atoms with Crippen LogP contribution in [0.1, 0.15) is 11.1 Å². The van der Waals surface area contributed by atoms with Gasteiger partial charge in [-0.2, -0.15) is 0 Å². The molecule has 1 nitrogen and oxygen atoms in total. The predicted octanol–water partition coefficient (Wildman–Crippen LogP) is 3.49. The van der Waals surface area contributed by atoms with Gasteiger partial charge in [0.15, 0.2) is 0 Å². The normalized spacial score (nSPS) is 10.4. The van der Waals surface area contributed by atoms with Gasteiger partial charge in [-0.05, 0) is 36.2 Å². The van der Waals surface area contributed by atoms with Crippen LogP contribution in [0.3, 0.4) is 0 Å². The van der Waals surface area contributed by atoms with Crippen LogP contribution in [0.15, 0.2) is 59.5 Å². The molecule has 1 radical (unpaired) electrons. The van der Waals surface area contributed by atoms with E-state index in [0.717, 1.165) is 6.42 Å². The van der Waals surface area contributed by atoms with E-state index in [1.807, 2.05) is 6.07 Å². The molecular formula is C15H16NS. The fourth-order valence-corrected chi connectivity index (χ4v) is 2.47. The van der Waals surface area contributed by atoms with Crippen LogP contribution in [0.5, 0.6) is 0 Å². The van der Waals surface area contributed by atoms with Crippen molar-refractivity contribution in [3.05, 3.63) is 71.5 Å². The van der Waals surface area contributed by atoms with Crippen molar-refractivity contribution in [2.24, 2.45) is 5.73 Å². The molecule has 0 heterocycles. The maximum Gasteiger partial charge on any atom is 0.0510 e. The van der Waals surface area contributed by atoms with Crippen LogP contribution in [0, 0.1) is 5.75 Å². The number of rotatable bonds is 5. The van der Waals surface area contributed by atoms with E-state index in [1.54, 1.807) is 11.8 Å². The number of thioether (sulfide) groups is 1. The Morgan fingerprint density at radius 3 is 2.41 bits per heavy atom. The van der Waals surface area contributed by atoms with Crippen molar-refractivity contribution in [1.29, 1.82) is 0 Å². The van der Waals surface area contributed by atoms with Gasteiger partial charge in [-0.1, -0.05) is 42.5 Å². The minimum atomic E-state index is 0.695. The minimum absolute atomic E-state index is 0.695. The van der Waals surface area contributed by atoms with Gasteiger partial charge in [0.1, 0.15) is 0 Å². The number of hydrogen-bond acceptors (Lipinski definition) is 2. The van der Waals surface area contributed by atoms with Gasteiger partial charge in [0.2, 0.25) is 0 Å². The molecule has 2 heteroatoms. The first kappa shape index (κ1) is 12.2. The molecular weight excluding hydrogens is 226 g/mol. The summed E-state index contributed by atoms with van der Waals surface area (Å²) in [5.41, 5.74) is 8.20. The SMILES string of the molecule is NCCc1ccccc1[CH]Sc1ccccc1. The Labute approximate surface area is 107 Å². The molecule has 0 amide bonds. The summed E-state index contributed by atoms with van der Waals surface area (Å²) in [7, 11) is 0. The van der Waals surface area contributed by atoms with Crippen LogP contribution in [-0.2, 0) is 6.42 Å². The zero-order chi connectivity index (χ0) is 11.9. The third kappa shape index (κ3) is 3.62. The molecule has 0 atom stereocenters. The second-order valence-electron chi connectivity index (χ2n) is 3.79. The zero-order valence-corrected chi connectivity index (χ0v) is 10.5. The van der Waals surface area contributed by atoms with Crippen molar-refractivity contribution < 1.29 is 0 Å². The summed E-state index contributed by atoms with van der Waals surface area (Å²) in [5.74, 6) is 2.19. The lowest BCUT2D eigenvalue weighted by atomic mass is 10.1. The molecule has 0 saturated carbocycles. The molecule has 2 rings (SSSR count). The maximum absolute atomic E-state index is 5.62. The maximum atomic E-state index is 5.62. The highest BCUT2D eigenvalue weighted by Crippen LogP contribution is 2.26. The van der Waals surface area contributed by atoms with Gasteiger partial charge >= 0.3 is 0 Å². The molecule has 0 bridgehead atoms. The van der Waals surface area contributed by atoms with Crippen molar-refractivity contribution in [3.63, 3.8) is 0 Å². The first-order valence-electron chi connectivity index (χ1n) is 5.73. The molecule has 2 N–H and O–H groups in total. The summed E-state index contributed by atoms with van der Waals surface area (Å²) in [4.78, 5) is 1.26. The number of benzene rings is 2. The van der Waals surface area contributed by atoms with Crippen LogP contribution >= 0.6 is 11.8 Å². The molecule has 2 aromatic rings. The summed E-state index contributed by atoms with van der Waals surface area (Å²) in [6, 6.07) is 18.8. The largest absolute Gasteiger partial charge is 0.330 e. The smallest absolute Gasteiger partial charge is 0.0510 e. The molecule has 0 unspecified atom stereocenters. The van der Waals surface area contributed by atoms with E-state index in [1.165, 1.54) is 16.0 Å². The summed E-state index contributed by atoms with van der Waals surface area (Å²) < 4.78 is 0. The second-order valence-corrected chi connectivity index (χ2v) is 4.73. The lowest BCUT2D eigenvalue weighted by Gasteiger charge is -2.07. The van der Waals surface area contributed by atoms with E-state index in [0.29, 0.717) is 6.54 Å². The van der Waals surface area contributed by atoms with Gasteiger partial charge in [-0.3, -0.25) is 0 Å². The Morgan fingerprint density at radius 2 is 1.65 bits per heavy atom. The molecule has 0 aromatic heterocycles. The van der Waals surface area contributed by atoms with Gasteiger partial charge in [-0.25, -0.2) is 0 Å². The lowest BCUT2D eigenvalue weighted by molar-refractivity contribution is 0.963. The quantitative estimate of drug-likeness (QED) is 0.812. The zero-order valence-electron chi connectivity index (χ0n) is 9.67. The highest BCUT2D eigenvalue weighted by atomic mass is 32.2. The van der Waals surface area contributed by atoms with Crippen molar-refractivity contribution in [3.8, 4) is 0 Å². The molecule has 0 aliphatic heterocycles. The van der Waals surface area contributed by atoms with Gasteiger partial charge in [0, 0.05) is 4.90 Å². The van der Waals surface area contributed by atoms with E-state index >= 15 is 0 Å². The number of hydrogen-bond donors (Lipinski definition) is 1. The van der Waals surface area contributed by atoms with E-state index in [-0.39, 0.29) is 0 Å². The Kier molecular flexibility index (Phi) is 4.65. The summed E-state index contributed by atoms with van der Waals surface area (Å²) >= 11 is 1.75. The van der Waals surface area contributed by atoms with E-state index < -0.39 is 0 Å². The first-order chi connectivity index (χ1) is 8.40. The third-order valence-corrected chi connectivity index (χ3v) is 3.45. The van der Waals surface area contributed by atoms with Gasteiger partial charge in [0.25, 0.3) is 0 Å². The summed E-state index contributed by atoms with van der Waals surface area (Å²) in [6.45, 7) is 0.695. The van der Waals surface area contributed by atoms with Crippen molar-refractivity contribution >= 4 is 11.8 Å². The number of nitrogens with two attached hydrogens (primary N) is 1. The standard InChI is InChI=1S/C15H16NS/c16-11-10-13-6-4-5-7-14(13)12-17-15-8-2-1-3-9-15/h1-9,12H,10-11,16H2. The van der Waals surface area contributed by atoms with E-state index in [4.69, 9.17) is 5.73 Å². The highest BCUT2D eigenvalue weighted by molar-refractivity contribution is 8.01. The fraction of sp³-hybridized carbons (Fsp3) is 0.133. The first-order valence-corrected chi connectivity index (χ1v) is 6.61. The highest BCUT2D eigenvalue weighted by Gasteiger charge is 2.02. The van der Waals surface area contributed by atoms with Crippen LogP contribution < -0.4 is 5.73 Å².